The summed E-state index contributed by atoms with van der Waals surface area (Å²) >= 11 is 3.67. The largest absolute Gasteiger partial charge is 0.459 e. The summed E-state index contributed by atoms with van der Waals surface area (Å²) in [5.74, 6) is -0.583. The Labute approximate surface area is 71.5 Å². The molecule has 4 heteroatoms. The quantitative estimate of drug-likeness (QED) is 0.377. The van der Waals surface area contributed by atoms with Crippen LogP contribution >= 0.6 is 12.6 Å². The molecule has 0 amide bonds. The lowest BCUT2D eigenvalue weighted by Gasteiger charge is -2.07. The van der Waals surface area contributed by atoms with Gasteiger partial charge in [-0.05, 0) is 6.42 Å². The van der Waals surface area contributed by atoms with E-state index >= 15 is 0 Å². The van der Waals surface area contributed by atoms with Crippen molar-refractivity contribution in [1.82, 2.24) is 0 Å². The molecule has 0 aromatic heterocycles. The van der Waals surface area contributed by atoms with Gasteiger partial charge in [-0.1, -0.05) is 13.5 Å². The summed E-state index contributed by atoms with van der Waals surface area (Å²) in [6.45, 7) is 5.08. The van der Waals surface area contributed by atoms with Crippen molar-refractivity contribution in [3.05, 3.63) is 11.5 Å². The summed E-state index contributed by atoms with van der Waals surface area (Å²) in [7, 11) is 0. The van der Waals surface area contributed by atoms with Crippen molar-refractivity contribution >= 4 is 18.6 Å². The van der Waals surface area contributed by atoms with Gasteiger partial charge in [0.05, 0.1) is 11.0 Å². The molecule has 0 saturated carbocycles. The molecule has 0 radical (unpaired) electrons. The number of thiol groups is 1. The molecule has 0 heterocycles. The molecule has 1 unspecified atom stereocenters. The highest BCUT2D eigenvalue weighted by Crippen LogP contribution is 2.00. The molecule has 0 aromatic carbocycles. The van der Waals surface area contributed by atoms with Crippen LogP contribution in [0, 0.1) is 0 Å². The van der Waals surface area contributed by atoms with Crippen LogP contribution in [-0.2, 0) is 9.53 Å². The van der Waals surface area contributed by atoms with E-state index in [0.29, 0.717) is 6.42 Å². The second-order valence-electron chi connectivity index (χ2n) is 2.11. The number of aliphatic hydroxyl groups excluding tert-OH is 1. The van der Waals surface area contributed by atoms with Crippen LogP contribution in [0.4, 0.5) is 0 Å². The third kappa shape index (κ3) is 4.86. The van der Waals surface area contributed by atoms with E-state index in [0.717, 1.165) is 0 Å². The molecule has 1 atom stereocenters. The first-order valence-electron chi connectivity index (χ1n) is 3.31. The molecule has 11 heavy (non-hydrogen) atoms. The van der Waals surface area contributed by atoms with Crippen molar-refractivity contribution in [1.29, 1.82) is 0 Å². The van der Waals surface area contributed by atoms with Gasteiger partial charge in [0.15, 0.2) is 0 Å². The Hall–Kier alpha value is -0.480. The lowest BCUT2D eigenvalue weighted by molar-refractivity contribution is -0.141. The van der Waals surface area contributed by atoms with Crippen molar-refractivity contribution in [3.8, 4) is 0 Å². The molecule has 0 saturated heterocycles. The third-order valence-electron chi connectivity index (χ3n) is 1.11. The third-order valence-corrected chi connectivity index (χ3v) is 1.30. The Morgan fingerprint density at radius 1 is 1.82 bits per heavy atom. The van der Waals surface area contributed by atoms with Crippen LogP contribution in [0.25, 0.3) is 0 Å². The molecule has 0 aliphatic carbocycles. The fraction of sp³-hybridized carbons (Fsp3) is 0.571. The van der Waals surface area contributed by atoms with Gasteiger partial charge in [0.25, 0.3) is 0 Å². The summed E-state index contributed by atoms with van der Waals surface area (Å²) < 4.78 is 4.59. The molecular weight excluding hydrogens is 164 g/mol. The SMILES string of the molecule is C=C(S)C(=O)OCC(O)CC. The zero-order valence-electron chi connectivity index (χ0n) is 6.41. The van der Waals surface area contributed by atoms with Crippen LogP contribution in [-0.4, -0.2) is 23.8 Å². The van der Waals surface area contributed by atoms with Crippen molar-refractivity contribution in [2.45, 2.75) is 19.4 Å². The lowest BCUT2D eigenvalue weighted by atomic mass is 10.3. The maximum atomic E-state index is 10.7. The molecule has 0 spiro atoms. The average molecular weight is 176 g/mol. The minimum Gasteiger partial charge on any atom is -0.459 e. The molecule has 0 aliphatic rings. The monoisotopic (exact) mass is 176 g/mol. The summed E-state index contributed by atoms with van der Waals surface area (Å²) in [6.07, 6.45) is -0.0292. The van der Waals surface area contributed by atoms with E-state index in [1.807, 2.05) is 0 Å². The van der Waals surface area contributed by atoms with Crippen molar-refractivity contribution < 1.29 is 14.6 Å². The van der Waals surface area contributed by atoms with E-state index in [1.165, 1.54) is 0 Å². The number of ether oxygens (including phenoxy) is 1. The highest BCUT2D eigenvalue weighted by atomic mass is 32.1. The molecule has 0 fully saturated rings. The first-order chi connectivity index (χ1) is 5.07. The number of esters is 1. The zero-order chi connectivity index (χ0) is 8.85. The predicted octanol–water partition coefficient (Wildman–Crippen LogP) is 0.744. The van der Waals surface area contributed by atoms with Gasteiger partial charge in [0, 0.05) is 0 Å². The second-order valence-corrected chi connectivity index (χ2v) is 2.65. The molecular formula is C7H12O3S. The fourth-order valence-corrected chi connectivity index (χ4v) is 0.438. The van der Waals surface area contributed by atoms with Gasteiger partial charge in [-0.25, -0.2) is 4.79 Å². The van der Waals surface area contributed by atoms with Gasteiger partial charge >= 0.3 is 5.97 Å². The summed E-state index contributed by atoms with van der Waals surface area (Å²) in [6, 6.07) is 0. The predicted molar refractivity (Wildman–Crippen MR) is 45.4 cm³/mol. The number of hydrogen-bond donors (Lipinski definition) is 2. The van der Waals surface area contributed by atoms with Crippen LogP contribution in [0.2, 0.25) is 0 Å². The first-order valence-corrected chi connectivity index (χ1v) is 3.75. The molecule has 0 aromatic rings. The molecule has 64 valence electrons. The van der Waals surface area contributed by atoms with Crippen LogP contribution in [0.1, 0.15) is 13.3 Å². The van der Waals surface area contributed by atoms with Crippen molar-refractivity contribution in [3.63, 3.8) is 0 Å². The highest BCUT2D eigenvalue weighted by molar-refractivity contribution is 7.85. The average Bonchev–Trinajstić information content (AvgIpc) is 1.99. The smallest absolute Gasteiger partial charge is 0.343 e. The Balaban J connectivity index is 3.54. The van der Waals surface area contributed by atoms with E-state index in [1.54, 1.807) is 6.92 Å². The van der Waals surface area contributed by atoms with E-state index in [-0.39, 0.29) is 11.5 Å². The molecule has 1 N–H and O–H groups in total. The van der Waals surface area contributed by atoms with Gasteiger partial charge in [-0.3, -0.25) is 0 Å². The van der Waals surface area contributed by atoms with Crippen LogP contribution in [0.5, 0.6) is 0 Å². The Kier molecular flexibility index (Phi) is 4.98. The van der Waals surface area contributed by atoms with Crippen molar-refractivity contribution in [2.75, 3.05) is 6.61 Å². The summed E-state index contributed by atoms with van der Waals surface area (Å²) in [5.41, 5.74) is 0. The van der Waals surface area contributed by atoms with Gasteiger partial charge in [-0.15, -0.1) is 12.6 Å². The van der Waals surface area contributed by atoms with Crippen LogP contribution in [0.3, 0.4) is 0 Å². The van der Waals surface area contributed by atoms with Gasteiger partial charge in [0.1, 0.15) is 6.61 Å². The molecule has 0 rings (SSSR count). The topological polar surface area (TPSA) is 46.5 Å². The summed E-state index contributed by atoms with van der Waals surface area (Å²) in [5, 5.41) is 8.96. The maximum Gasteiger partial charge on any atom is 0.343 e. The second kappa shape index (κ2) is 5.21. The Morgan fingerprint density at radius 2 is 2.36 bits per heavy atom. The minimum absolute atomic E-state index is 0.00884. The summed E-state index contributed by atoms with van der Waals surface area (Å²) in [4.78, 5) is 10.7. The van der Waals surface area contributed by atoms with Crippen LogP contribution in [0.15, 0.2) is 11.5 Å². The standard InChI is InChI=1S/C7H12O3S/c1-3-6(8)4-10-7(9)5(2)11/h6,8,11H,2-4H2,1H3. The number of rotatable bonds is 4. The number of hydrogen-bond acceptors (Lipinski definition) is 4. The van der Waals surface area contributed by atoms with E-state index in [4.69, 9.17) is 5.11 Å². The fourth-order valence-electron chi connectivity index (χ4n) is 0.373. The normalized spacial score (nSPS) is 12.3. The zero-order valence-corrected chi connectivity index (χ0v) is 7.30. The van der Waals surface area contributed by atoms with Gasteiger partial charge in [-0.2, -0.15) is 0 Å². The number of carbonyl (C=O) groups excluding carboxylic acids is 1. The first kappa shape index (κ1) is 10.5. The number of carbonyl (C=O) groups is 1. The molecule has 3 nitrogen and oxygen atoms in total. The van der Waals surface area contributed by atoms with E-state index in [2.05, 4.69) is 23.9 Å². The minimum atomic E-state index is -0.591. The highest BCUT2D eigenvalue weighted by Gasteiger charge is 2.07. The molecule has 0 aliphatic heterocycles. The van der Waals surface area contributed by atoms with Gasteiger partial charge < -0.3 is 9.84 Å². The number of aliphatic hydroxyl groups is 1. The lowest BCUT2D eigenvalue weighted by Crippen LogP contribution is -2.17. The van der Waals surface area contributed by atoms with E-state index in [9.17, 15) is 4.79 Å². The molecule has 0 bridgehead atoms. The van der Waals surface area contributed by atoms with E-state index < -0.39 is 12.1 Å². The Bertz CT molecular complexity index is 156. The van der Waals surface area contributed by atoms with Crippen molar-refractivity contribution in [2.24, 2.45) is 0 Å². The Morgan fingerprint density at radius 3 is 2.73 bits per heavy atom. The maximum absolute atomic E-state index is 10.7. The van der Waals surface area contributed by atoms with Crippen LogP contribution < -0.4 is 0 Å². The van der Waals surface area contributed by atoms with Gasteiger partial charge in [0.2, 0.25) is 0 Å².